The zero-order valence-corrected chi connectivity index (χ0v) is 16.1. The zero-order chi connectivity index (χ0) is 19.1. The van der Waals surface area contributed by atoms with Crippen LogP contribution in [0.3, 0.4) is 0 Å². The Morgan fingerprint density at radius 3 is 2.96 bits per heavy atom. The van der Waals surface area contributed by atoms with Gasteiger partial charge in [0, 0.05) is 23.9 Å². The number of aromatic nitrogens is 3. The molecule has 8 heteroatoms. The summed E-state index contributed by atoms with van der Waals surface area (Å²) < 4.78 is 0. The van der Waals surface area contributed by atoms with Crippen LogP contribution >= 0.6 is 11.3 Å². The average molecular weight is 395 g/mol. The number of benzene rings is 1. The monoisotopic (exact) mass is 395 g/mol. The molecular formula is C20H21N5O2S. The van der Waals surface area contributed by atoms with E-state index in [9.17, 15) is 9.59 Å². The van der Waals surface area contributed by atoms with Gasteiger partial charge in [0.15, 0.2) is 0 Å². The summed E-state index contributed by atoms with van der Waals surface area (Å²) in [7, 11) is 0. The van der Waals surface area contributed by atoms with Gasteiger partial charge < -0.3 is 15.6 Å². The van der Waals surface area contributed by atoms with Crippen molar-refractivity contribution in [2.24, 2.45) is 5.41 Å². The van der Waals surface area contributed by atoms with E-state index in [1.807, 2.05) is 23.0 Å². The first-order valence-electron chi connectivity index (χ1n) is 9.53. The van der Waals surface area contributed by atoms with E-state index in [4.69, 9.17) is 0 Å². The molecule has 2 bridgehead atoms. The molecule has 2 saturated heterocycles. The minimum atomic E-state index is -0.492. The summed E-state index contributed by atoms with van der Waals surface area (Å²) in [5, 5.41) is 9.19. The molecule has 3 aromatic rings. The van der Waals surface area contributed by atoms with Gasteiger partial charge in [-0.05, 0) is 31.4 Å². The number of para-hydroxylation sites is 1. The highest BCUT2D eigenvalue weighted by Crippen LogP contribution is 2.45. The summed E-state index contributed by atoms with van der Waals surface area (Å²) in [5.41, 5.74) is 2.73. The van der Waals surface area contributed by atoms with Crippen LogP contribution in [0.25, 0.3) is 10.9 Å². The molecule has 2 aliphatic heterocycles. The van der Waals surface area contributed by atoms with Crippen molar-refractivity contribution in [1.29, 1.82) is 0 Å². The fraction of sp³-hybridized carbons (Fsp3) is 0.400. The molecule has 144 valence electrons. The van der Waals surface area contributed by atoms with Gasteiger partial charge in [-0.15, -0.1) is 11.3 Å². The second kappa shape index (κ2) is 6.79. The Hall–Kier alpha value is -2.58. The Labute approximate surface area is 165 Å². The van der Waals surface area contributed by atoms with Crippen molar-refractivity contribution >= 4 is 28.1 Å². The Kier molecular flexibility index (Phi) is 4.25. The van der Waals surface area contributed by atoms with Crippen molar-refractivity contribution in [2.45, 2.75) is 44.3 Å². The second-order valence-electron chi connectivity index (χ2n) is 7.72. The van der Waals surface area contributed by atoms with E-state index in [2.05, 4.69) is 25.6 Å². The topological polar surface area (TPSA) is 99.8 Å². The Morgan fingerprint density at radius 2 is 2.21 bits per heavy atom. The first kappa shape index (κ1) is 17.5. The SMILES string of the molecule is O=C(NCc1nc2ccccc2c(=O)[nH]1)[C@@]1(Cc2cscn2)C[C@H]2CC[C@@H]1N2. The molecule has 1 amide bonds. The van der Waals surface area contributed by atoms with E-state index in [0.717, 1.165) is 25.0 Å². The standard InChI is InChI=1S/C20H21N5O2S/c26-18-14-3-1-2-4-15(14)24-17(25-18)9-21-19(27)20(8-13-10-28-11-22-13)7-12-5-6-16(20)23-12/h1-4,10-12,16,23H,5-9H2,(H,21,27)(H,24,25,26)/t12-,16+,20-/m1/s1. The smallest absolute Gasteiger partial charge is 0.258 e. The van der Waals surface area contributed by atoms with Crippen LogP contribution in [-0.2, 0) is 17.8 Å². The number of rotatable bonds is 5. The number of nitrogens with one attached hydrogen (secondary N) is 3. The van der Waals surface area contributed by atoms with Crippen LogP contribution in [0.4, 0.5) is 0 Å². The molecule has 0 unspecified atom stereocenters. The van der Waals surface area contributed by atoms with Crippen LogP contribution in [0.5, 0.6) is 0 Å². The van der Waals surface area contributed by atoms with Crippen LogP contribution in [0.2, 0.25) is 0 Å². The number of nitrogens with zero attached hydrogens (tertiary/aromatic N) is 2. The summed E-state index contributed by atoms with van der Waals surface area (Å²) in [4.78, 5) is 37.2. The van der Waals surface area contributed by atoms with Gasteiger partial charge in [-0.25, -0.2) is 9.97 Å². The molecule has 5 rings (SSSR count). The first-order valence-corrected chi connectivity index (χ1v) is 10.5. The maximum atomic E-state index is 13.3. The van der Waals surface area contributed by atoms with Crippen LogP contribution in [0.1, 0.15) is 30.8 Å². The fourth-order valence-corrected chi connectivity index (χ4v) is 5.29. The highest BCUT2D eigenvalue weighted by molar-refractivity contribution is 7.07. The van der Waals surface area contributed by atoms with Crippen molar-refractivity contribution in [1.82, 2.24) is 25.6 Å². The minimum absolute atomic E-state index is 0.0102. The predicted octanol–water partition coefficient (Wildman–Crippen LogP) is 1.75. The number of amides is 1. The Balaban J connectivity index is 1.38. The van der Waals surface area contributed by atoms with E-state index in [-0.39, 0.29) is 24.1 Å². The quantitative estimate of drug-likeness (QED) is 0.611. The highest BCUT2D eigenvalue weighted by Gasteiger charge is 2.55. The number of carbonyl (C=O) groups excluding carboxylic acids is 1. The van der Waals surface area contributed by atoms with Crippen molar-refractivity contribution in [3.05, 3.63) is 57.0 Å². The van der Waals surface area contributed by atoms with Gasteiger partial charge in [-0.3, -0.25) is 9.59 Å². The molecule has 0 saturated carbocycles. The minimum Gasteiger partial charge on any atom is -0.348 e. The number of thiazole rings is 1. The number of carbonyl (C=O) groups is 1. The molecule has 2 aromatic heterocycles. The van der Waals surface area contributed by atoms with Gasteiger partial charge in [0.05, 0.1) is 34.1 Å². The molecule has 1 aromatic carbocycles. The lowest BCUT2D eigenvalue weighted by atomic mass is 9.70. The summed E-state index contributed by atoms with van der Waals surface area (Å²) in [6, 6.07) is 7.77. The molecule has 3 N–H and O–H groups in total. The van der Waals surface area contributed by atoms with Gasteiger partial charge in [0.2, 0.25) is 5.91 Å². The van der Waals surface area contributed by atoms with E-state index >= 15 is 0 Å². The summed E-state index contributed by atoms with van der Waals surface area (Å²) in [6.07, 6.45) is 3.59. The van der Waals surface area contributed by atoms with Crippen LogP contribution in [0, 0.1) is 5.41 Å². The van der Waals surface area contributed by atoms with Gasteiger partial charge in [-0.1, -0.05) is 12.1 Å². The molecule has 28 heavy (non-hydrogen) atoms. The maximum Gasteiger partial charge on any atom is 0.258 e. The normalized spacial score (nSPS) is 26.0. The van der Waals surface area contributed by atoms with Gasteiger partial charge >= 0.3 is 0 Å². The molecule has 0 radical (unpaired) electrons. The largest absolute Gasteiger partial charge is 0.348 e. The highest BCUT2D eigenvalue weighted by atomic mass is 32.1. The summed E-state index contributed by atoms with van der Waals surface area (Å²) >= 11 is 1.55. The predicted molar refractivity (Wildman–Crippen MR) is 107 cm³/mol. The third-order valence-corrected chi connectivity index (χ3v) is 6.66. The Morgan fingerprint density at radius 1 is 1.32 bits per heavy atom. The maximum absolute atomic E-state index is 13.3. The number of H-pyrrole nitrogens is 1. The third kappa shape index (κ3) is 2.93. The van der Waals surface area contributed by atoms with Gasteiger partial charge in [0.25, 0.3) is 5.56 Å². The molecule has 3 atom stereocenters. The third-order valence-electron chi connectivity index (χ3n) is 6.03. The van der Waals surface area contributed by atoms with Crippen LogP contribution in [0.15, 0.2) is 40.0 Å². The van der Waals surface area contributed by atoms with Gasteiger partial charge in [0.1, 0.15) is 5.82 Å². The van der Waals surface area contributed by atoms with E-state index in [1.54, 1.807) is 23.5 Å². The number of hydrogen-bond acceptors (Lipinski definition) is 6. The van der Waals surface area contributed by atoms with Crippen molar-refractivity contribution < 1.29 is 4.79 Å². The Bertz CT molecular complexity index is 1080. The lowest BCUT2D eigenvalue weighted by molar-refractivity contribution is -0.132. The second-order valence-corrected chi connectivity index (χ2v) is 8.44. The molecule has 0 aliphatic carbocycles. The van der Waals surface area contributed by atoms with Crippen molar-refractivity contribution in [3.8, 4) is 0 Å². The zero-order valence-electron chi connectivity index (χ0n) is 15.3. The van der Waals surface area contributed by atoms with E-state index in [0.29, 0.717) is 29.2 Å². The molecular weight excluding hydrogens is 374 g/mol. The van der Waals surface area contributed by atoms with E-state index in [1.165, 1.54) is 0 Å². The average Bonchev–Trinajstić information content (AvgIpc) is 3.44. The molecule has 7 nitrogen and oxygen atoms in total. The van der Waals surface area contributed by atoms with Gasteiger partial charge in [-0.2, -0.15) is 0 Å². The molecule has 4 heterocycles. The molecule has 2 fully saturated rings. The summed E-state index contributed by atoms with van der Waals surface area (Å²) in [5.74, 6) is 0.480. The lowest BCUT2D eigenvalue weighted by Crippen LogP contribution is -2.50. The molecule has 2 aliphatic rings. The fourth-order valence-electron chi connectivity index (χ4n) is 4.73. The lowest BCUT2D eigenvalue weighted by Gasteiger charge is -2.34. The number of fused-ring (bicyclic) bond motifs is 3. The van der Waals surface area contributed by atoms with Crippen molar-refractivity contribution in [3.63, 3.8) is 0 Å². The summed E-state index contributed by atoms with van der Waals surface area (Å²) in [6.45, 7) is 0.203. The van der Waals surface area contributed by atoms with Crippen molar-refractivity contribution in [2.75, 3.05) is 0 Å². The van der Waals surface area contributed by atoms with Crippen LogP contribution < -0.4 is 16.2 Å². The van der Waals surface area contributed by atoms with Crippen LogP contribution in [-0.4, -0.2) is 32.9 Å². The number of hydrogen-bond donors (Lipinski definition) is 3. The van der Waals surface area contributed by atoms with E-state index < -0.39 is 5.41 Å². The number of aromatic amines is 1. The molecule has 0 spiro atoms. The first-order chi connectivity index (χ1) is 13.6.